The molecule has 0 aromatic heterocycles. The molecule has 0 saturated heterocycles. The number of hydrogen-bond donors (Lipinski definition) is 0. The highest BCUT2D eigenvalue weighted by Crippen LogP contribution is 2.32. The standard InChI is InChI=1S/C20H42/c1-7-9-12-16-20(5,6)18-14-11-13-17-19(3,4)15-10-8-2/h7-18H2,1-6H3. The van der Waals surface area contributed by atoms with Gasteiger partial charge < -0.3 is 0 Å². The summed E-state index contributed by atoms with van der Waals surface area (Å²) in [5, 5.41) is 0. The summed E-state index contributed by atoms with van der Waals surface area (Å²) in [4.78, 5) is 0. The fraction of sp³-hybridized carbons (Fsp3) is 1.00. The van der Waals surface area contributed by atoms with Gasteiger partial charge in [0.2, 0.25) is 0 Å². The van der Waals surface area contributed by atoms with E-state index in [1.54, 1.807) is 0 Å². The predicted octanol–water partition coefficient (Wildman–Crippen LogP) is 7.76. The highest BCUT2D eigenvalue weighted by Gasteiger charge is 2.18. The van der Waals surface area contributed by atoms with Gasteiger partial charge in [0.1, 0.15) is 0 Å². The summed E-state index contributed by atoms with van der Waals surface area (Å²) in [6.45, 7) is 14.4. The molecule has 0 spiro atoms. The smallest absolute Gasteiger partial charge is 0.0354 e. The summed E-state index contributed by atoms with van der Waals surface area (Å²) in [6.07, 6.45) is 16.9. The van der Waals surface area contributed by atoms with Crippen LogP contribution in [0.2, 0.25) is 0 Å². The zero-order chi connectivity index (χ0) is 15.5. The Kier molecular flexibility index (Phi) is 10.7. The van der Waals surface area contributed by atoms with E-state index in [1.807, 2.05) is 0 Å². The van der Waals surface area contributed by atoms with Crippen molar-refractivity contribution in [3.05, 3.63) is 0 Å². The van der Waals surface area contributed by atoms with Crippen LogP contribution in [-0.2, 0) is 0 Å². The van der Waals surface area contributed by atoms with Crippen LogP contribution in [0.25, 0.3) is 0 Å². The van der Waals surface area contributed by atoms with Crippen LogP contribution >= 0.6 is 0 Å². The first kappa shape index (κ1) is 20.0. The van der Waals surface area contributed by atoms with E-state index < -0.39 is 0 Å². The largest absolute Gasteiger partial charge is 0.0654 e. The molecular weight excluding hydrogens is 240 g/mol. The molecule has 0 aliphatic carbocycles. The van der Waals surface area contributed by atoms with E-state index >= 15 is 0 Å². The van der Waals surface area contributed by atoms with Crippen molar-refractivity contribution in [1.29, 1.82) is 0 Å². The van der Waals surface area contributed by atoms with Crippen molar-refractivity contribution in [1.82, 2.24) is 0 Å². The van der Waals surface area contributed by atoms with E-state index in [-0.39, 0.29) is 0 Å². The van der Waals surface area contributed by atoms with Gasteiger partial charge in [-0.1, -0.05) is 92.9 Å². The maximum atomic E-state index is 2.47. The van der Waals surface area contributed by atoms with Crippen molar-refractivity contribution in [2.24, 2.45) is 10.8 Å². The van der Waals surface area contributed by atoms with Crippen LogP contribution < -0.4 is 0 Å². The predicted molar refractivity (Wildman–Crippen MR) is 94.3 cm³/mol. The van der Waals surface area contributed by atoms with Gasteiger partial charge in [-0.25, -0.2) is 0 Å². The molecule has 0 heterocycles. The molecule has 0 bridgehead atoms. The molecule has 0 N–H and O–H groups in total. The molecule has 0 aromatic carbocycles. The highest BCUT2D eigenvalue weighted by atomic mass is 14.2. The van der Waals surface area contributed by atoms with Crippen LogP contribution in [0.5, 0.6) is 0 Å². The lowest BCUT2D eigenvalue weighted by Crippen LogP contribution is -2.12. The molecule has 0 atom stereocenters. The van der Waals surface area contributed by atoms with Gasteiger partial charge >= 0.3 is 0 Å². The van der Waals surface area contributed by atoms with Gasteiger partial charge in [0.05, 0.1) is 0 Å². The molecule has 20 heavy (non-hydrogen) atoms. The lowest BCUT2D eigenvalue weighted by atomic mass is 9.80. The molecular formula is C20H42. The van der Waals surface area contributed by atoms with Gasteiger partial charge in [0.15, 0.2) is 0 Å². The maximum Gasteiger partial charge on any atom is -0.0354 e. The normalized spacial score (nSPS) is 12.9. The molecule has 122 valence electrons. The monoisotopic (exact) mass is 282 g/mol. The highest BCUT2D eigenvalue weighted by molar-refractivity contribution is 4.71. The number of rotatable bonds is 13. The number of hydrogen-bond acceptors (Lipinski definition) is 0. The summed E-state index contributed by atoms with van der Waals surface area (Å²) in [5.41, 5.74) is 1.15. The zero-order valence-corrected chi connectivity index (χ0v) is 15.5. The Morgan fingerprint density at radius 1 is 0.450 bits per heavy atom. The second kappa shape index (κ2) is 10.7. The molecule has 0 heteroatoms. The van der Waals surface area contributed by atoms with Crippen LogP contribution in [0, 0.1) is 10.8 Å². The molecule has 0 radical (unpaired) electrons. The Morgan fingerprint density at radius 3 is 1.20 bits per heavy atom. The van der Waals surface area contributed by atoms with E-state index in [4.69, 9.17) is 0 Å². The van der Waals surface area contributed by atoms with Crippen LogP contribution in [0.3, 0.4) is 0 Å². The molecule has 0 fully saturated rings. The second-order valence-electron chi connectivity index (χ2n) is 8.45. The first-order valence-electron chi connectivity index (χ1n) is 9.33. The summed E-state index contributed by atoms with van der Waals surface area (Å²) >= 11 is 0. The van der Waals surface area contributed by atoms with Crippen molar-refractivity contribution < 1.29 is 0 Å². The Hall–Kier alpha value is 0. The van der Waals surface area contributed by atoms with Gasteiger partial charge in [-0.3, -0.25) is 0 Å². The van der Waals surface area contributed by atoms with E-state index in [0.29, 0.717) is 10.8 Å². The minimum absolute atomic E-state index is 0.576. The van der Waals surface area contributed by atoms with E-state index in [9.17, 15) is 0 Å². The summed E-state index contributed by atoms with van der Waals surface area (Å²) < 4.78 is 0. The summed E-state index contributed by atoms with van der Waals surface area (Å²) in [6, 6.07) is 0. The SMILES string of the molecule is CCCCCC(C)(C)CCCCCC(C)(C)CCCC. The van der Waals surface area contributed by atoms with E-state index in [1.165, 1.54) is 77.0 Å². The molecule has 0 nitrogen and oxygen atoms in total. The third kappa shape index (κ3) is 11.8. The van der Waals surface area contributed by atoms with Crippen molar-refractivity contribution in [2.45, 2.75) is 119 Å². The van der Waals surface area contributed by atoms with Crippen molar-refractivity contribution in [3.8, 4) is 0 Å². The summed E-state index contributed by atoms with van der Waals surface area (Å²) in [5.74, 6) is 0. The fourth-order valence-corrected chi connectivity index (χ4v) is 3.14. The minimum atomic E-state index is 0.576. The molecule has 0 aliphatic rings. The molecule has 0 aromatic rings. The Bertz CT molecular complexity index is 212. The van der Waals surface area contributed by atoms with Crippen molar-refractivity contribution in [3.63, 3.8) is 0 Å². The Balaban J connectivity index is 3.64. The minimum Gasteiger partial charge on any atom is -0.0654 e. The Labute approximate surface area is 130 Å². The van der Waals surface area contributed by atoms with Crippen molar-refractivity contribution >= 4 is 0 Å². The Morgan fingerprint density at radius 2 is 0.800 bits per heavy atom. The fourth-order valence-electron chi connectivity index (χ4n) is 3.14. The third-order valence-corrected chi connectivity index (χ3v) is 4.87. The maximum absolute atomic E-state index is 2.47. The van der Waals surface area contributed by atoms with Crippen molar-refractivity contribution in [2.75, 3.05) is 0 Å². The number of unbranched alkanes of at least 4 members (excludes halogenated alkanes) is 5. The quantitative estimate of drug-likeness (QED) is 0.303. The van der Waals surface area contributed by atoms with Gasteiger partial charge in [-0.05, 0) is 36.5 Å². The lowest BCUT2D eigenvalue weighted by molar-refractivity contribution is 0.264. The van der Waals surface area contributed by atoms with Gasteiger partial charge in [0, 0.05) is 0 Å². The molecule has 0 amide bonds. The zero-order valence-electron chi connectivity index (χ0n) is 15.5. The first-order valence-corrected chi connectivity index (χ1v) is 9.33. The van der Waals surface area contributed by atoms with Crippen LogP contribution in [-0.4, -0.2) is 0 Å². The van der Waals surface area contributed by atoms with Crippen LogP contribution in [0.1, 0.15) is 119 Å². The van der Waals surface area contributed by atoms with E-state index in [2.05, 4.69) is 41.5 Å². The molecule has 0 aliphatic heterocycles. The molecule has 0 rings (SSSR count). The van der Waals surface area contributed by atoms with E-state index in [0.717, 1.165) is 0 Å². The first-order chi connectivity index (χ1) is 9.33. The average Bonchev–Trinajstić information content (AvgIpc) is 2.36. The van der Waals surface area contributed by atoms with Gasteiger partial charge in [-0.15, -0.1) is 0 Å². The van der Waals surface area contributed by atoms with Crippen LogP contribution in [0.15, 0.2) is 0 Å². The second-order valence-corrected chi connectivity index (χ2v) is 8.45. The third-order valence-electron chi connectivity index (χ3n) is 4.87. The van der Waals surface area contributed by atoms with Gasteiger partial charge in [-0.2, -0.15) is 0 Å². The lowest BCUT2D eigenvalue weighted by Gasteiger charge is -2.26. The average molecular weight is 283 g/mol. The molecule has 0 unspecified atom stereocenters. The summed E-state index contributed by atoms with van der Waals surface area (Å²) in [7, 11) is 0. The molecule has 0 saturated carbocycles. The topological polar surface area (TPSA) is 0 Å². The van der Waals surface area contributed by atoms with Crippen LogP contribution in [0.4, 0.5) is 0 Å². The van der Waals surface area contributed by atoms with Gasteiger partial charge in [0.25, 0.3) is 0 Å².